The molecule has 1 amide bonds. The van der Waals surface area contributed by atoms with Crippen molar-refractivity contribution < 1.29 is 9.72 Å². The first-order valence-corrected chi connectivity index (χ1v) is 6.22. The van der Waals surface area contributed by atoms with Gasteiger partial charge in [-0.2, -0.15) is 0 Å². The fourth-order valence-electron chi connectivity index (χ4n) is 1.58. The zero-order valence-corrected chi connectivity index (χ0v) is 11.1. The maximum Gasteiger partial charge on any atom is 0.287 e. The van der Waals surface area contributed by atoms with Crippen LogP contribution in [0, 0.1) is 10.1 Å². The molecule has 0 fully saturated rings. The second kappa shape index (κ2) is 5.86. The average Bonchev–Trinajstić information content (AvgIpc) is 2.86. The van der Waals surface area contributed by atoms with Gasteiger partial charge in [-0.15, -0.1) is 11.6 Å². The van der Waals surface area contributed by atoms with Gasteiger partial charge in [0, 0.05) is 11.9 Å². The molecule has 0 unspecified atom stereocenters. The fourth-order valence-corrected chi connectivity index (χ4v) is 2.02. The first-order chi connectivity index (χ1) is 8.48. The van der Waals surface area contributed by atoms with Crippen molar-refractivity contribution in [1.29, 1.82) is 0 Å². The second-order valence-electron chi connectivity index (χ2n) is 4.10. The highest BCUT2D eigenvalue weighted by molar-refractivity contribution is 6.18. The minimum Gasteiger partial charge on any atom is -0.351 e. The molecular formula is C11H16ClN3O3. The van der Waals surface area contributed by atoms with Crippen molar-refractivity contribution in [3.05, 3.63) is 28.1 Å². The molecule has 0 saturated carbocycles. The lowest BCUT2D eigenvalue weighted by molar-refractivity contribution is -0.384. The Hall–Kier alpha value is -1.56. The molecule has 0 aliphatic carbocycles. The number of nitro groups is 1. The Balaban J connectivity index is 2.84. The lowest BCUT2D eigenvalue weighted by atomic mass is 9.95. The number of hydrogen-bond acceptors (Lipinski definition) is 3. The van der Waals surface area contributed by atoms with Crippen molar-refractivity contribution in [3.8, 4) is 0 Å². The van der Waals surface area contributed by atoms with E-state index in [2.05, 4.69) is 10.3 Å². The van der Waals surface area contributed by atoms with Crippen molar-refractivity contribution in [2.45, 2.75) is 32.2 Å². The van der Waals surface area contributed by atoms with Gasteiger partial charge < -0.3 is 10.3 Å². The predicted molar refractivity (Wildman–Crippen MR) is 68.9 cm³/mol. The van der Waals surface area contributed by atoms with E-state index in [0.29, 0.717) is 18.7 Å². The number of alkyl halides is 1. The first-order valence-electron chi connectivity index (χ1n) is 5.69. The van der Waals surface area contributed by atoms with Crippen molar-refractivity contribution in [3.63, 3.8) is 0 Å². The normalized spacial score (nSPS) is 11.3. The molecule has 1 rings (SSSR count). The summed E-state index contributed by atoms with van der Waals surface area (Å²) in [5, 5.41) is 13.3. The van der Waals surface area contributed by atoms with Crippen LogP contribution in [0.4, 0.5) is 5.69 Å². The number of rotatable bonds is 6. The van der Waals surface area contributed by atoms with Crippen LogP contribution in [0.1, 0.15) is 37.2 Å². The summed E-state index contributed by atoms with van der Waals surface area (Å²) in [7, 11) is 0. The van der Waals surface area contributed by atoms with Crippen LogP contribution < -0.4 is 5.32 Å². The van der Waals surface area contributed by atoms with Gasteiger partial charge in [0.25, 0.3) is 11.6 Å². The molecule has 100 valence electrons. The standard InChI is InChI=1S/C11H16ClN3O3/c1-3-11(4-2,7-12)14-10(16)9-5-8(6-13-9)15(17)18/h5-6,13H,3-4,7H2,1-2H3,(H,14,16). The fraction of sp³-hybridized carbons (Fsp3) is 0.545. The van der Waals surface area contributed by atoms with E-state index >= 15 is 0 Å². The van der Waals surface area contributed by atoms with Crippen LogP contribution in [-0.2, 0) is 0 Å². The molecule has 0 spiro atoms. The van der Waals surface area contributed by atoms with Gasteiger partial charge in [0.05, 0.1) is 16.7 Å². The molecule has 0 radical (unpaired) electrons. The van der Waals surface area contributed by atoms with Crippen LogP contribution in [-0.4, -0.2) is 27.2 Å². The van der Waals surface area contributed by atoms with E-state index in [4.69, 9.17) is 11.6 Å². The SMILES string of the molecule is CCC(CC)(CCl)NC(=O)c1cc([N+](=O)[O-])c[nH]1. The first kappa shape index (κ1) is 14.5. The molecule has 0 bridgehead atoms. The van der Waals surface area contributed by atoms with Gasteiger partial charge in [0.1, 0.15) is 5.69 Å². The van der Waals surface area contributed by atoms with Crippen LogP contribution in [0.5, 0.6) is 0 Å². The van der Waals surface area contributed by atoms with Crippen LogP contribution in [0.3, 0.4) is 0 Å². The summed E-state index contributed by atoms with van der Waals surface area (Å²) >= 11 is 5.88. The van der Waals surface area contributed by atoms with Crippen LogP contribution in [0.15, 0.2) is 12.3 Å². The maximum atomic E-state index is 11.9. The highest BCUT2D eigenvalue weighted by Crippen LogP contribution is 2.19. The van der Waals surface area contributed by atoms with Gasteiger partial charge in [0.2, 0.25) is 0 Å². The van der Waals surface area contributed by atoms with Gasteiger partial charge in [-0.05, 0) is 12.8 Å². The van der Waals surface area contributed by atoms with Gasteiger partial charge in [-0.25, -0.2) is 0 Å². The molecule has 18 heavy (non-hydrogen) atoms. The van der Waals surface area contributed by atoms with Gasteiger partial charge in [-0.3, -0.25) is 14.9 Å². The summed E-state index contributed by atoms with van der Waals surface area (Å²) in [6.07, 6.45) is 2.58. The Morgan fingerprint density at radius 2 is 2.17 bits per heavy atom. The van der Waals surface area contributed by atoms with E-state index in [1.54, 1.807) is 0 Å². The van der Waals surface area contributed by atoms with E-state index in [-0.39, 0.29) is 17.3 Å². The van der Waals surface area contributed by atoms with Crippen LogP contribution in [0.2, 0.25) is 0 Å². The van der Waals surface area contributed by atoms with E-state index in [1.807, 2.05) is 13.8 Å². The largest absolute Gasteiger partial charge is 0.351 e. The Morgan fingerprint density at radius 1 is 1.56 bits per heavy atom. The van der Waals surface area contributed by atoms with Crippen molar-refractivity contribution >= 4 is 23.2 Å². The lowest BCUT2D eigenvalue weighted by Crippen LogP contribution is -2.49. The summed E-state index contributed by atoms with van der Waals surface area (Å²) in [5.74, 6) is -0.0819. The molecule has 0 saturated heterocycles. The number of aromatic amines is 1. The average molecular weight is 274 g/mol. The minimum atomic E-state index is -0.554. The van der Waals surface area contributed by atoms with Crippen molar-refractivity contribution in [2.24, 2.45) is 0 Å². The minimum absolute atomic E-state index is 0.135. The monoisotopic (exact) mass is 273 g/mol. The van der Waals surface area contributed by atoms with E-state index in [0.717, 1.165) is 0 Å². The number of carbonyl (C=O) groups excluding carboxylic acids is 1. The summed E-state index contributed by atoms with van der Waals surface area (Å²) in [6, 6.07) is 1.21. The summed E-state index contributed by atoms with van der Waals surface area (Å²) < 4.78 is 0. The molecule has 0 aliphatic rings. The van der Waals surface area contributed by atoms with Crippen LogP contribution >= 0.6 is 11.6 Å². The van der Waals surface area contributed by atoms with Gasteiger partial charge in [-0.1, -0.05) is 13.8 Å². The van der Waals surface area contributed by atoms with Crippen molar-refractivity contribution in [2.75, 3.05) is 5.88 Å². The molecule has 1 heterocycles. The summed E-state index contributed by atoms with van der Waals surface area (Å²) in [6.45, 7) is 3.87. The molecule has 2 N–H and O–H groups in total. The predicted octanol–water partition coefficient (Wildman–Crippen LogP) is 2.45. The third-order valence-electron chi connectivity index (χ3n) is 3.11. The molecular weight excluding hydrogens is 258 g/mol. The molecule has 1 aromatic rings. The number of nitrogens with zero attached hydrogens (tertiary/aromatic N) is 1. The zero-order chi connectivity index (χ0) is 13.8. The summed E-state index contributed by atoms with van der Waals surface area (Å²) in [4.78, 5) is 24.5. The number of carbonyl (C=O) groups is 1. The van der Waals surface area contributed by atoms with Crippen LogP contribution in [0.25, 0.3) is 0 Å². The number of amides is 1. The Kier molecular flexibility index (Phi) is 4.72. The zero-order valence-electron chi connectivity index (χ0n) is 10.3. The summed E-state index contributed by atoms with van der Waals surface area (Å²) in [5.41, 5.74) is -0.443. The highest BCUT2D eigenvalue weighted by atomic mass is 35.5. The van der Waals surface area contributed by atoms with E-state index in [1.165, 1.54) is 12.3 Å². The topological polar surface area (TPSA) is 88.0 Å². The molecule has 0 aliphatic heterocycles. The van der Waals surface area contributed by atoms with Gasteiger partial charge >= 0.3 is 0 Å². The smallest absolute Gasteiger partial charge is 0.287 e. The molecule has 7 heteroatoms. The highest BCUT2D eigenvalue weighted by Gasteiger charge is 2.28. The molecule has 1 aromatic heterocycles. The number of halogens is 1. The van der Waals surface area contributed by atoms with Gasteiger partial charge in [0.15, 0.2) is 0 Å². The quantitative estimate of drug-likeness (QED) is 0.474. The van der Waals surface area contributed by atoms with Crippen molar-refractivity contribution in [1.82, 2.24) is 10.3 Å². The second-order valence-corrected chi connectivity index (χ2v) is 4.37. The molecule has 0 aromatic carbocycles. The molecule has 0 atom stereocenters. The third-order valence-corrected chi connectivity index (χ3v) is 3.62. The Morgan fingerprint density at radius 3 is 2.56 bits per heavy atom. The number of aromatic nitrogens is 1. The molecule has 6 nitrogen and oxygen atoms in total. The van der Waals surface area contributed by atoms with E-state index in [9.17, 15) is 14.9 Å². The third kappa shape index (κ3) is 3.01. The lowest BCUT2D eigenvalue weighted by Gasteiger charge is -2.30. The number of hydrogen-bond donors (Lipinski definition) is 2. The van der Waals surface area contributed by atoms with E-state index < -0.39 is 10.5 Å². The maximum absolute atomic E-state index is 11.9. The number of H-pyrrole nitrogens is 1. The Labute approximate surface area is 110 Å². The number of nitrogens with one attached hydrogen (secondary N) is 2. The Bertz CT molecular complexity index is 432.